The van der Waals surface area contributed by atoms with Gasteiger partial charge in [-0.1, -0.05) is 60.7 Å². The molecule has 0 fully saturated rings. The Labute approximate surface area is 162 Å². The number of ketones is 1. The third-order valence-electron chi connectivity index (χ3n) is 4.36. The van der Waals surface area contributed by atoms with Crippen LogP contribution in [-0.4, -0.2) is 33.3 Å². The van der Waals surface area contributed by atoms with Gasteiger partial charge in [0.05, 0.1) is 11.4 Å². The van der Waals surface area contributed by atoms with Crippen molar-refractivity contribution >= 4 is 17.7 Å². The average Bonchev–Trinajstić information content (AvgIpc) is 3.09. The minimum atomic E-state index is -1.09. The number of primary amides is 1. The highest BCUT2D eigenvalue weighted by atomic mass is 16.2. The van der Waals surface area contributed by atoms with Gasteiger partial charge in [-0.3, -0.25) is 14.2 Å². The number of aromatic nitrogens is 2. The molecule has 0 saturated heterocycles. The van der Waals surface area contributed by atoms with E-state index < -0.39 is 23.8 Å². The fourth-order valence-electron chi connectivity index (χ4n) is 2.98. The predicted octanol–water partition coefficient (Wildman–Crippen LogP) is 2.08. The summed E-state index contributed by atoms with van der Waals surface area (Å²) in [5, 5.41) is 2.62. The fraction of sp³-hybridized carbons (Fsp3) is 0.143. The molecule has 0 bridgehead atoms. The van der Waals surface area contributed by atoms with Gasteiger partial charge < -0.3 is 11.1 Å². The fourth-order valence-corrected chi connectivity index (χ4v) is 2.98. The molecule has 142 valence electrons. The number of imidazole rings is 1. The van der Waals surface area contributed by atoms with Gasteiger partial charge in [0.2, 0.25) is 5.78 Å². The molecule has 0 aliphatic heterocycles. The molecule has 1 heterocycles. The topological polar surface area (TPSA) is 107 Å². The van der Waals surface area contributed by atoms with E-state index in [2.05, 4.69) is 10.3 Å². The summed E-state index contributed by atoms with van der Waals surface area (Å²) in [6.45, 7) is 1.79. The molecule has 3 N–H and O–H groups in total. The maximum Gasteiger partial charge on any atom is 0.327 e. The van der Waals surface area contributed by atoms with Crippen molar-refractivity contribution in [2.75, 3.05) is 0 Å². The van der Waals surface area contributed by atoms with E-state index >= 15 is 0 Å². The van der Waals surface area contributed by atoms with Gasteiger partial charge in [0.1, 0.15) is 12.4 Å². The van der Waals surface area contributed by atoms with E-state index in [0.29, 0.717) is 11.4 Å². The van der Waals surface area contributed by atoms with Gasteiger partial charge in [-0.25, -0.2) is 9.78 Å². The van der Waals surface area contributed by atoms with Crippen LogP contribution in [0.25, 0.3) is 11.3 Å². The number of carbonyl (C=O) groups excluding carboxylic acids is 3. The zero-order valence-electron chi connectivity index (χ0n) is 15.3. The van der Waals surface area contributed by atoms with Gasteiger partial charge in [-0.2, -0.15) is 0 Å². The summed E-state index contributed by atoms with van der Waals surface area (Å²) in [6, 6.07) is 16.8. The lowest BCUT2D eigenvalue weighted by Gasteiger charge is -2.17. The highest BCUT2D eigenvalue weighted by Gasteiger charge is 2.27. The van der Waals surface area contributed by atoms with Crippen molar-refractivity contribution in [2.24, 2.45) is 5.73 Å². The Bertz CT molecular complexity index is 997. The molecule has 2 aromatic carbocycles. The Morgan fingerprint density at radius 2 is 1.64 bits per heavy atom. The Hall–Kier alpha value is -3.74. The molecule has 0 aliphatic carbocycles. The van der Waals surface area contributed by atoms with Gasteiger partial charge in [0.25, 0.3) is 5.91 Å². The third-order valence-corrected chi connectivity index (χ3v) is 4.36. The summed E-state index contributed by atoms with van der Waals surface area (Å²) in [7, 11) is 0. The number of aryl methyl sites for hydroxylation is 1. The monoisotopic (exact) mass is 376 g/mol. The number of benzene rings is 2. The molecule has 3 aromatic rings. The summed E-state index contributed by atoms with van der Waals surface area (Å²) in [5.74, 6) is -1.94. The molecule has 7 nitrogen and oxygen atoms in total. The molecular formula is C21H20N4O3. The molecule has 3 rings (SSSR count). The largest absolute Gasteiger partial charge is 0.363 e. The van der Waals surface area contributed by atoms with Crippen LogP contribution in [-0.2, 0) is 16.0 Å². The van der Waals surface area contributed by atoms with Crippen LogP contribution >= 0.6 is 0 Å². The summed E-state index contributed by atoms with van der Waals surface area (Å²) in [5.41, 5.74) is 8.07. The van der Waals surface area contributed by atoms with Crippen molar-refractivity contribution < 1.29 is 14.4 Å². The molecule has 0 radical (unpaired) electrons. The predicted molar refractivity (Wildman–Crippen MR) is 104 cm³/mol. The van der Waals surface area contributed by atoms with E-state index in [1.807, 2.05) is 60.7 Å². The highest BCUT2D eigenvalue weighted by molar-refractivity contribution is 6.37. The summed E-state index contributed by atoms with van der Waals surface area (Å²) in [6.07, 6.45) is 1.55. The van der Waals surface area contributed by atoms with E-state index in [1.54, 1.807) is 6.92 Å². The third kappa shape index (κ3) is 4.15. The molecule has 1 atom stereocenters. The Morgan fingerprint density at radius 1 is 1.04 bits per heavy atom. The van der Waals surface area contributed by atoms with Crippen molar-refractivity contribution in [1.29, 1.82) is 0 Å². The number of carbonyl (C=O) groups is 3. The molecular weight excluding hydrogens is 356 g/mol. The van der Waals surface area contributed by atoms with E-state index in [0.717, 1.165) is 11.1 Å². The van der Waals surface area contributed by atoms with Crippen molar-refractivity contribution in [3.05, 3.63) is 78.2 Å². The number of nitrogens with zero attached hydrogens (tertiary/aromatic N) is 2. The normalized spacial score (nSPS) is 11.6. The first kappa shape index (κ1) is 19.0. The number of amides is 2. The van der Waals surface area contributed by atoms with Crippen LogP contribution in [0, 0.1) is 6.92 Å². The van der Waals surface area contributed by atoms with Crippen LogP contribution in [0.1, 0.15) is 11.3 Å². The second kappa shape index (κ2) is 8.30. The van der Waals surface area contributed by atoms with E-state index in [1.165, 1.54) is 10.9 Å². The van der Waals surface area contributed by atoms with Crippen molar-refractivity contribution in [2.45, 2.75) is 19.4 Å². The first-order chi connectivity index (χ1) is 13.5. The second-order valence-electron chi connectivity index (χ2n) is 6.33. The van der Waals surface area contributed by atoms with Crippen LogP contribution in [0.2, 0.25) is 0 Å². The minimum absolute atomic E-state index is 0.155. The van der Waals surface area contributed by atoms with Gasteiger partial charge in [-0.15, -0.1) is 0 Å². The first-order valence-electron chi connectivity index (χ1n) is 8.75. The van der Waals surface area contributed by atoms with Crippen LogP contribution < -0.4 is 11.1 Å². The molecule has 2 amide bonds. The van der Waals surface area contributed by atoms with Crippen LogP contribution in [0.4, 0.5) is 4.79 Å². The number of nitrogens with two attached hydrogens (primary N) is 1. The Balaban J connectivity index is 1.89. The molecule has 1 aromatic heterocycles. The molecule has 0 aliphatic rings. The van der Waals surface area contributed by atoms with Gasteiger partial charge >= 0.3 is 6.03 Å². The zero-order valence-corrected chi connectivity index (χ0v) is 15.3. The number of nitrogens with one attached hydrogen (secondary N) is 1. The Morgan fingerprint density at radius 3 is 2.25 bits per heavy atom. The van der Waals surface area contributed by atoms with Crippen molar-refractivity contribution in [3.8, 4) is 11.3 Å². The smallest absolute Gasteiger partial charge is 0.327 e. The summed E-state index contributed by atoms with van der Waals surface area (Å²) in [4.78, 5) is 40.8. The molecule has 0 spiro atoms. The quantitative estimate of drug-likeness (QED) is 0.642. The number of hydrogen-bond donors (Lipinski definition) is 2. The maximum absolute atomic E-state index is 12.9. The molecule has 1 unspecified atom stereocenters. The second-order valence-corrected chi connectivity index (χ2v) is 6.33. The average molecular weight is 376 g/mol. The standard InChI is InChI=1S/C21H20N4O3/c1-14-18(16-10-6-3-7-11-16)25(13-23-14)21(28)24-17(19(26)20(22)27)12-15-8-4-2-5-9-15/h2-11,13,17H,12H2,1H3,(H2,22,27)(H,24,28). The Kier molecular flexibility index (Phi) is 5.64. The number of hydrogen-bond acceptors (Lipinski definition) is 4. The van der Waals surface area contributed by atoms with E-state index in [9.17, 15) is 14.4 Å². The highest BCUT2D eigenvalue weighted by Crippen LogP contribution is 2.22. The number of Topliss-reactive ketones (excluding diaryl/α,β-unsaturated/α-hetero) is 1. The van der Waals surface area contributed by atoms with Gasteiger partial charge in [-0.05, 0) is 12.5 Å². The van der Waals surface area contributed by atoms with Crippen LogP contribution in [0.3, 0.4) is 0 Å². The SMILES string of the molecule is Cc1ncn(C(=O)NC(Cc2ccccc2)C(=O)C(N)=O)c1-c1ccccc1. The van der Waals surface area contributed by atoms with Gasteiger partial charge in [0, 0.05) is 12.0 Å². The molecule has 28 heavy (non-hydrogen) atoms. The van der Waals surface area contributed by atoms with Crippen molar-refractivity contribution in [1.82, 2.24) is 14.9 Å². The minimum Gasteiger partial charge on any atom is -0.363 e. The van der Waals surface area contributed by atoms with Crippen LogP contribution in [0.5, 0.6) is 0 Å². The summed E-state index contributed by atoms with van der Waals surface area (Å²) >= 11 is 0. The van der Waals surface area contributed by atoms with Crippen LogP contribution in [0.15, 0.2) is 67.0 Å². The molecule has 7 heteroatoms. The number of rotatable bonds is 6. The van der Waals surface area contributed by atoms with Crippen molar-refractivity contribution in [3.63, 3.8) is 0 Å². The van der Waals surface area contributed by atoms with E-state index in [-0.39, 0.29) is 6.42 Å². The van der Waals surface area contributed by atoms with Gasteiger partial charge in [0.15, 0.2) is 0 Å². The zero-order chi connectivity index (χ0) is 20.1. The lowest BCUT2D eigenvalue weighted by Crippen LogP contribution is -2.48. The maximum atomic E-state index is 12.9. The lowest BCUT2D eigenvalue weighted by atomic mass is 10.0. The lowest BCUT2D eigenvalue weighted by molar-refractivity contribution is -0.137. The van der Waals surface area contributed by atoms with E-state index in [4.69, 9.17) is 5.73 Å². The first-order valence-corrected chi connectivity index (χ1v) is 8.75. The summed E-state index contributed by atoms with van der Waals surface area (Å²) < 4.78 is 1.33. The molecule has 0 saturated carbocycles.